The molecule has 1 heterocycles. The molecular formula is C14H19F3N2. The molecule has 0 spiro atoms. The zero-order valence-corrected chi connectivity index (χ0v) is 11.2. The molecule has 1 aromatic rings. The first-order valence-electron chi connectivity index (χ1n) is 6.65. The van der Waals surface area contributed by atoms with Gasteiger partial charge in [-0.15, -0.1) is 0 Å². The van der Waals surface area contributed by atoms with Crippen LogP contribution in [0.1, 0.15) is 20.3 Å². The molecule has 2 atom stereocenters. The van der Waals surface area contributed by atoms with Gasteiger partial charge in [0.15, 0.2) is 17.5 Å². The predicted molar refractivity (Wildman–Crippen MR) is 69.8 cm³/mol. The molecule has 0 amide bonds. The Hall–Kier alpha value is -1.23. The summed E-state index contributed by atoms with van der Waals surface area (Å²) in [6.45, 7) is 6.36. The third-order valence-electron chi connectivity index (χ3n) is 3.87. The van der Waals surface area contributed by atoms with Crippen LogP contribution in [0.3, 0.4) is 0 Å². The number of piperazine rings is 1. The fourth-order valence-corrected chi connectivity index (χ4v) is 2.40. The molecule has 0 aliphatic carbocycles. The summed E-state index contributed by atoms with van der Waals surface area (Å²) in [6, 6.07) is 2.42. The van der Waals surface area contributed by atoms with Crippen molar-refractivity contribution in [3.8, 4) is 0 Å². The van der Waals surface area contributed by atoms with Gasteiger partial charge in [-0.3, -0.25) is 0 Å². The summed E-state index contributed by atoms with van der Waals surface area (Å²) < 4.78 is 39.5. The second-order valence-electron chi connectivity index (χ2n) is 5.12. The first-order chi connectivity index (χ1) is 9.02. The van der Waals surface area contributed by atoms with Crippen molar-refractivity contribution < 1.29 is 13.2 Å². The lowest BCUT2D eigenvalue weighted by Crippen LogP contribution is -2.53. The third kappa shape index (κ3) is 3.03. The molecule has 0 saturated carbocycles. The Morgan fingerprint density at radius 1 is 1.32 bits per heavy atom. The summed E-state index contributed by atoms with van der Waals surface area (Å²) in [5, 5.41) is 3.41. The van der Waals surface area contributed by atoms with Gasteiger partial charge in [-0.05, 0) is 5.92 Å². The first kappa shape index (κ1) is 14.2. The van der Waals surface area contributed by atoms with E-state index in [1.54, 1.807) is 0 Å². The van der Waals surface area contributed by atoms with E-state index in [0.717, 1.165) is 25.1 Å². The molecule has 0 bridgehead atoms. The van der Waals surface area contributed by atoms with Crippen molar-refractivity contribution in [2.45, 2.75) is 26.3 Å². The quantitative estimate of drug-likeness (QED) is 0.851. The van der Waals surface area contributed by atoms with E-state index < -0.39 is 17.5 Å². The molecule has 2 nitrogen and oxygen atoms in total. The number of hydrogen-bond acceptors (Lipinski definition) is 2. The van der Waals surface area contributed by atoms with Crippen LogP contribution in [0.25, 0.3) is 0 Å². The molecule has 2 rings (SSSR count). The standard InChI is InChI=1S/C14H19F3N2/c1-3-9(2)13-8-19(5-4-18-13)10-6-11(15)14(17)12(16)7-10/h6-7,9,13,18H,3-5,8H2,1-2H3. The summed E-state index contributed by atoms with van der Waals surface area (Å²) in [5.74, 6) is -3.18. The van der Waals surface area contributed by atoms with Crippen molar-refractivity contribution >= 4 is 5.69 Å². The van der Waals surface area contributed by atoms with E-state index in [1.165, 1.54) is 0 Å². The van der Waals surface area contributed by atoms with Crippen LogP contribution in [0, 0.1) is 23.4 Å². The second-order valence-corrected chi connectivity index (χ2v) is 5.12. The van der Waals surface area contributed by atoms with Crippen molar-refractivity contribution in [2.75, 3.05) is 24.5 Å². The van der Waals surface area contributed by atoms with Crippen molar-refractivity contribution in [3.63, 3.8) is 0 Å². The van der Waals surface area contributed by atoms with E-state index in [0.29, 0.717) is 24.7 Å². The lowest BCUT2D eigenvalue weighted by atomic mass is 9.97. The summed E-state index contributed by atoms with van der Waals surface area (Å²) in [4.78, 5) is 1.90. The van der Waals surface area contributed by atoms with E-state index in [4.69, 9.17) is 0 Å². The van der Waals surface area contributed by atoms with Crippen LogP contribution in [0.15, 0.2) is 12.1 Å². The summed E-state index contributed by atoms with van der Waals surface area (Å²) in [7, 11) is 0. The zero-order chi connectivity index (χ0) is 14.0. The molecule has 1 aromatic carbocycles. The van der Waals surface area contributed by atoms with Crippen LogP contribution in [-0.2, 0) is 0 Å². The molecule has 1 aliphatic rings. The SMILES string of the molecule is CCC(C)C1CN(c2cc(F)c(F)c(F)c2)CCN1. The maximum Gasteiger partial charge on any atom is 0.194 e. The Kier molecular flexibility index (Phi) is 4.34. The van der Waals surface area contributed by atoms with Gasteiger partial charge in [0.2, 0.25) is 0 Å². The highest BCUT2D eigenvalue weighted by Gasteiger charge is 2.24. The zero-order valence-electron chi connectivity index (χ0n) is 11.2. The van der Waals surface area contributed by atoms with E-state index in [9.17, 15) is 13.2 Å². The molecule has 1 fully saturated rings. The average molecular weight is 272 g/mol. The van der Waals surface area contributed by atoms with Crippen LogP contribution < -0.4 is 10.2 Å². The number of hydrogen-bond donors (Lipinski definition) is 1. The Bertz CT molecular complexity index is 427. The van der Waals surface area contributed by atoms with E-state index in [-0.39, 0.29) is 6.04 Å². The van der Waals surface area contributed by atoms with Gasteiger partial charge in [-0.2, -0.15) is 0 Å². The van der Waals surface area contributed by atoms with Gasteiger partial charge >= 0.3 is 0 Å². The van der Waals surface area contributed by atoms with Gasteiger partial charge < -0.3 is 10.2 Å². The monoisotopic (exact) mass is 272 g/mol. The van der Waals surface area contributed by atoms with Gasteiger partial charge in [-0.1, -0.05) is 20.3 Å². The van der Waals surface area contributed by atoms with Gasteiger partial charge in [0.25, 0.3) is 0 Å². The molecule has 1 saturated heterocycles. The molecule has 106 valence electrons. The smallest absolute Gasteiger partial charge is 0.194 e. The number of halogens is 3. The van der Waals surface area contributed by atoms with E-state index in [2.05, 4.69) is 19.2 Å². The molecular weight excluding hydrogens is 253 g/mol. The second kappa shape index (κ2) is 5.82. The fraction of sp³-hybridized carbons (Fsp3) is 0.571. The minimum atomic E-state index is -1.41. The van der Waals surface area contributed by atoms with Crippen molar-refractivity contribution in [2.24, 2.45) is 5.92 Å². The van der Waals surface area contributed by atoms with Crippen molar-refractivity contribution in [1.29, 1.82) is 0 Å². The normalized spacial score (nSPS) is 21.5. The Morgan fingerprint density at radius 3 is 2.53 bits per heavy atom. The molecule has 1 aliphatic heterocycles. The fourth-order valence-electron chi connectivity index (χ4n) is 2.40. The minimum Gasteiger partial charge on any atom is -0.369 e. The highest BCUT2D eigenvalue weighted by molar-refractivity contribution is 5.48. The molecule has 19 heavy (non-hydrogen) atoms. The van der Waals surface area contributed by atoms with Gasteiger partial charge in [0, 0.05) is 43.5 Å². The van der Waals surface area contributed by atoms with Gasteiger partial charge in [0.1, 0.15) is 0 Å². The molecule has 0 aromatic heterocycles. The van der Waals surface area contributed by atoms with Crippen LogP contribution in [-0.4, -0.2) is 25.7 Å². The first-order valence-corrected chi connectivity index (χ1v) is 6.65. The lowest BCUT2D eigenvalue weighted by Gasteiger charge is -2.38. The van der Waals surface area contributed by atoms with E-state index >= 15 is 0 Å². The largest absolute Gasteiger partial charge is 0.369 e. The van der Waals surface area contributed by atoms with Crippen LogP contribution in [0.2, 0.25) is 0 Å². The Labute approximate surface area is 111 Å². The molecule has 1 N–H and O–H groups in total. The van der Waals surface area contributed by atoms with Crippen LogP contribution >= 0.6 is 0 Å². The molecule has 0 radical (unpaired) electrons. The van der Waals surface area contributed by atoms with Crippen LogP contribution in [0.5, 0.6) is 0 Å². The van der Waals surface area contributed by atoms with Crippen molar-refractivity contribution in [3.05, 3.63) is 29.6 Å². The number of rotatable bonds is 3. The van der Waals surface area contributed by atoms with Gasteiger partial charge in [-0.25, -0.2) is 13.2 Å². The molecule has 2 unspecified atom stereocenters. The topological polar surface area (TPSA) is 15.3 Å². The number of nitrogens with one attached hydrogen (secondary N) is 1. The minimum absolute atomic E-state index is 0.287. The Balaban J connectivity index is 2.17. The average Bonchev–Trinajstić information content (AvgIpc) is 2.43. The number of anilines is 1. The van der Waals surface area contributed by atoms with Crippen molar-refractivity contribution in [1.82, 2.24) is 5.32 Å². The highest BCUT2D eigenvalue weighted by Crippen LogP contribution is 2.23. The maximum atomic E-state index is 13.3. The predicted octanol–water partition coefficient (Wildman–Crippen LogP) is 2.93. The van der Waals surface area contributed by atoms with E-state index in [1.807, 2.05) is 4.90 Å². The van der Waals surface area contributed by atoms with Crippen LogP contribution in [0.4, 0.5) is 18.9 Å². The van der Waals surface area contributed by atoms with Gasteiger partial charge in [0.05, 0.1) is 0 Å². The summed E-state index contributed by atoms with van der Waals surface area (Å²) >= 11 is 0. The molecule has 5 heteroatoms. The Morgan fingerprint density at radius 2 is 1.95 bits per heavy atom. The lowest BCUT2D eigenvalue weighted by molar-refractivity contribution is 0.341. The maximum absolute atomic E-state index is 13.3. The summed E-state index contributed by atoms with van der Waals surface area (Å²) in [5.41, 5.74) is 0.409. The summed E-state index contributed by atoms with van der Waals surface area (Å²) in [6.07, 6.45) is 1.04. The third-order valence-corrected chi connectivity index (χ3v) is 3.87. The highest BCUT2D eigenvalue weighted by atomic mass is 19.2. The number of nitrogens with zero attached hydrogens (tertiary/aromatic N) is 1. The number of benzene rings is 1.